The smallest absolute Gasteiger partial charge is 0.405 e. The number of hydrogen-bond donors (Lipinski definition) is 2. The van der Waals surface area contributed by atoms with Crippen molar-refractivity contribution in [1.82, 2.24) is 0 Å². The molecule has 0 fully saturated rings. The van der Waals surface area contributed by atoms with E-state index in [1.165, 1.54) is 42.5 Å². The lowest BCUT2D eigenvalue weighted by Gasteiger charge is -2.19. The van der Waals surface area contributed by atoms with E-state index in [4.69, 9.17) is 0 Å². The Bertz CT molecular complexity index is 1310. The van der Waals surface area contributed by atoms with Crippen LogP contribution in [-0.2, 0) is 14.6 Å². The molecule has 3 rings (SSSR count). The van der Waals surface area contributed by atoms with E-state index in [0.717, 1.165) is 6.26 Å². The van der Waals surface area contributed by atoms with Crippen LogP contribution in [0.25, 0.3) is 11.1 Å². The van der Waals surface area contributed by atoms with Gasteiger partial charge in [0.1, 0.15) is 5.75 Å². The van der Waals surface area contributed by atoms with Crippen molar-refractivity contribution < 1.29 is 36.2 Å². The SMILES string of the molecule is Cc1cc(NC(=O)C(CO)c2ccc(S(C)(=O)=O)cc2)cc(C)c1-c1ccccc1OC(F)(F)F. The first-order valence-electron chi connectivity index (χ1n) is 10.5. The summed E-state index contributed by atoms with van der Waals surface area (Å²) in [6, 6.07) is 14.7. The number of sulfone groups is 1. The quantitative estimate of drug-likeness (QED) is 0.470. The summed E-state index contributed by atoms with van der Waals surface area (Å²) in [6.07, 6.45) is -3.77. The number of rotatable bonds is 7. The van der Waals surface area contributed by atoms with Crippen molar-refractivity contribution >= 4 is 21.4 Å². The van der Waals surface area contributed by atoms with E-state index in [9.17, 15) is 31.5 Å². The van der Waals surface area contributed by atoms with Gasteiger partial charge in [0, 0.05) is 17.5 Å². The van der Waals surface area contributed by atoms with Gasteiger partial charge in [-0.15, -0.1) is 13.2 Å². The summed E-state index contributed by atoms with van der Waals surface area (Å²) >= 11 is 0. The minimum atomic E-state index is -4.84. The second kappa shape index (κ2) is 10.1. The number of carbonyl (C=O) groups is 1. The van der Waals surface area contributed by atoms with Gasteiger partial charge < -0.3 is 15.2 Å². The summed E-state index contributed by atoms with van der Waals surface area (Å²) < 4.78 is 66.0. The standard InChI is InChI=1S/C25H24F3NO5S/c1-15-12-18(13-16(2)23(15)20-6-4-5-7-22(20)34-25(26,27)28)29-24(31)21(14-30)17-8-10-19(11-9-17)35(3,32)33/h4-13,21,30H,14H2,1-3H3,(H,29,31). The Morgan fingerprint density at radius 3 is 2.11 bits per heavy atom. The lowest BCUT2D eigenvalue weighted by Crippen LogP contribution is -2.24. The Hall–Kier alpha value is -3.37. The second-order valence-electron chi connectivity index (χ2n) is 8.09. The molecule has 1 unspecified atom stereocenters. The monoisotopic (exact) mass is 507 g/mol. The zero-order chi connectivity index (χ0) is 26.0. The van der Waals surface area contributed by atoms with Crippen molar-refractivity contribution in [1.29, 1.82) is 0 Å². The molecular formula is C25H24F3NO5S. The fourth-order valence-corrected chi connectivity index (χ4v) is 4.49. The minimum absolute atomic E-state index is 0.0926. The largest absolute Gasteiger partial charge is 0.573 e. The van der Waals surface area contributed by atoms with Crippen LogP contribution in [0.3, 0.4) is 0 Å². The second-order valence-corrected chi connectivity index (χ2v) is 10.1. The van der Waals surface area contributed by atoms with Gasteiger partial charge in [-0.05, 0) is 66.4 Å². The molecule has 2 N–H and O–H groups in total. The summed E-state index contributed by atoms with van der Waals surface area (Å²) in [5, 5.41) is 12.5. The number of benzene rings is 3. The number of aliphatic hydroxyl groups is 1. The number of aryl methyl sites for hydroxylation is 2. The molecule has 0 aliphatic heterocycles. The Labute approximate surface area is 201 Å². The molecule has 186 valence electrons. The third kappa shape index (κ3) is 6.40. The summed E-state index contributed by atoms with van der Waals surface area (Å²) in [4.78, 5) is 13.0. The van der Waals surface area contributed by atoms with Crippen LogP contribution < -0.4 is 10.1 Å². The fourth-order valence-electron chi connectivity index (χ4n) is 3.86. The van der Waals surface area contributed by atoms with Crippen molar-refractivity contribution in [3.8, 4) is 16.9 Å². The third-order valence-corrected chi connectivity index (χ3v) is 6.52. The molecule has 10 heteroatoms. The number of para-hydroxylation sites is 1. The van der Waals surface area contributed by atoms with E-state index in [1.54, 1.807) is 32.0 Å². The lowest BCUT2D eigenvalue weighted by atomic mass is 9.94. The van der Waals surface area contributed by atoms with Gasteiger partial charge in [-0.3, -0.25) is 4.79 Å². The van der Waals surface area contributed by atoms with Gasteiger partial charge in [0.25, 0.3) is 0 Å². The molecule has 1 atom stereocenters. The first-order valence-corrected chi connectivity index (χ1v) is 12.4. The van der Waals surface area contributed by atoms with Crippen LogP contribution in [0.5, 0.6) is 5.75 Å². The van der Waals surface area contributed by atoms with Crippen molar-refractivity contribution in [2.45, 2.75) is 31.0 Å². The molecular weight excluding hydrogens is 483 g/mol. The molecule has 0 spiro atoms. The van der Waals surface area contributed by atoms with Crippen molar-refractivity contribution in [2.75, 3.05) is 18.2 Å². The number of hydrogen-bond acceptors (Lipinski definition) is 5. The number of ether oxygens (including phenoxy) is 1. The first-order chi connectivity index (χ1) is 16.3. The van der Waals surface area contributed by atoms with E-state index in [-0.39, 0.29) is 16.2 Å². The predicted molar refractivity (Wildman–Crippen MR) is 126 cm³/mol. The molecule has 0 radical (unpaired) electrons. The topological polar surface area (TPSA) is 92.7 Å². The summed E-state index contributed by atoms with van der Waals surface area (Å²) in [5.74, 6) is -1.81. The molecule has 0 saturated carbocycles. The van der Waals surface area contributed by atoms with E-state index in [1.807, 2.05) is 0 Å². The molecule has 0 heterocycles. The number of carbonyl (C=O) groups excluding carboxylic acids is 1. The van der Waals surface area contributed by atoms with Crippen molar-refractivity contribution in [3.63, 3.8) is 0 Å². The number of halogens is 3. The van der Waals surface area contributed by atoms with Crippen LogP contribution in [0.4, 0.5) is 18.9 Å². The van der Waals surface area contributed by atoms with Gasteiger partial charge >= 0.3 is 6.36 Å². The van der Waals surface area contributed by atoms with Crippen LogP contribution in [0.15, 0.2) is 65.6 Å². The highest BCUT2D eigenvalue weighted by Crippen LogP contribution is 2.38. The zero-order valence-electron chi connectivity index (χ0n) is 19.2. The maximum absolute atomic E-state index is 12.9. The Balaban J connectivity index is 1.88. The van der Waals surface area contributed by atoms with Gasteiger partial charge in [0.05, 0.1) is 17.4 Å². The van der Waals surface area contributed by atoms with Crippen LogP contribution in [-0.4, -0.2) is 38.7 Å². The van der Waals surface area contributed by atoms with E-state index < -0.39 is 34.6 Å². The average Bonchev–Trinajstić information content (AvgIpc) is 2.73. The highest BCUT2D eigenvalue weighted by molar-refractivity contribution is 7.90. The van der Waals surface area contributed by atoms with Crippen LogP contribution in [0, 0.1) is 13.8 Å². The molecule has 0 aromatic heterocycles. The normalized spacial score (nSPS) is 12.8. The van der Waals surface area contributed by atoms with Crippen LogP contribution in [0.1, 0.15) is 22.6 Å². The van der Waals surface area contributed by atoms with Crippen molar-refractivity contribution in [3.05, 3.63) is 77.4 Å². The van der Waals surface area contributed by atoms with Gasteiger partial charge in [-0.25, -0.2) is 8.42 Å². The van der Waals surface area contributed by atoms with Gasteiger partial charge in [-0.1, -0.05) is 30.3 Å². The number of amides is 1. The highest BCUT2D eigenvalue weighted by Gasteiger charge is 2.32. The Morgan fingerprint density at radius 1 is 1.03 bits per heavy atom. The zero-order valence-corrected chi connectivity index (χ0v) is 20.0. The summed E-state index contributed by atoms with van der Waals surface area (Å²) in [7, 11) is -3.41. The number of alkyl halides is 3. The number of anilines is 1. The van der Waals surface area contributed by atoms with Gasteiger partial charge in [-0.2, -0.15) is 0 Å². The third-order valence-electron chi connectivity index (χ3n) is 5.39. The fraction of sp³-hybridized carbons (Fsp3) is 0.240. The predicted octanol–water partition coefficient (Wildman–Crippen LogP) is 4.99. The molecule has 1 amide bonds. The minimum Gasteiger partial charge on any atom is -0.405 e. The average molecular weight is 508 g/mol. The van der Waals surface area contributed by atoms with Crippen molar-refractivity contribution in [2.24, 2.45) is 0 Å². The summed E-state index contributed by atoms with van der Waals surface area (Å²) in [6.45, 7) is 2.90. The lowest BCUT2D eigenvalue weighted by molar-refractivity contribution is -0.274. The van der Waals surface area contributed by atoms with Crippen LogP contribution >= 0.6 is 0 Å². The first kappa shape index (κ1) is 26.2. The Kier molecular flexibility index (Phi) is 7.56. The molecule has 35 heavy (non-hydrogen) atoms. The molecule has 3 aromatic rings. The molecule has 0 bridgehead atoms. The molecule has 0 aliphatic carbocycles. The Morgan fingerprint density at radius 2 is 1.60 bits per heavy atom. The maximum atomic E-state index is 12.9. The van der Waals surface area contributed by atoms with Crippen LogP contribution in [0.2, 0.25) is 0 Å². The number of aliphatic hydroxyl groups excluding tert-OH is 1. The number of nitrogens with one attached hydrogen (secondary N) is 1. The maximum Gasteiger partial charge on any atom is 0.573 e. The molecule has 0 aliphatic rings. The van der Waals surface area contributed by atoms with Gasteiger partial charge in [0.2, 0.25) is 5.91 Å². The summed E-state index contributed by atoms with van der Waals surface area (Å²) in [5.41, 5.74) is 2.85. The van der Waals surface area contributed by atoms with E-state index in [2.05, 4.69) is 10.1 Å². The van der Waals surface area contributed by atoms with Gasteiger partial charge in [0.15, 0.2) is 9.84 Å². The van der Waals surface area contributed by atoms with E-state index >= 15 is 0 Å². The molecule has 6 nitrogen and oxygen atoms in total. The highest BCUT2D eigenvalue weighted by atomic mass is 32.2. The molecule has 3 aromatic carbocycles. The molecule has 0 saturated heterocycles. The van der Waals surface area contributed by atoms with E-state index in [0.29, 0.717) is 27.9 Å².